The molecule has 2 heterocycles. The van der Waals surface area contributed by atoms with Crippen LogP contribution in [0.3, 0.4) is 0 Å². The minimum Gasteiger partial charge on any atom is -0.344 e. The van der Waals surface area contributed by atoms with Crippen molar-refractivity contribution < 1.29 is 4.79 Å². The zero-order valence-corrected chi connectivity index (χ0v) is 10.6. The van der Waals surface area contributed by atoms with Gasteiger partial charge >= 0.3 is 0 Å². The van der Waals surface area contributed by atoms with Crippen molar-refractivity contribution in [1.29, 1.82) is 0 Å². The second-order valence-electron chi connectivity index (χ2n) is 3.83. The third-order valence-corrected chi connectivity index (χ3v) is 2.69. The third kappa shape index (κ3) is 3.05. The number of carbonyl (C=O) groups excluding carboxylic acids is 1. The Morgan fingerprint density at radius 3 is 2.83 bits per heavy atom. The van der Waals surface area contributed by atoms with Crippen LogP contribution in [0.25, 0.3) is 0 Å². The number of rotatable bonds is 3. The summed E-state index contributed by atoms with van der Waals surface area (Å²) in [5.41, 5.74) is 1.24. The van der Waals surface area contributed by atoms with Crippen LogP contribution in [-0.2, 0) is 0 Å². The Balaban J connectivity index is 2.08. The summed E-state index contributed by atoms with van der Waals surface area (Å²) in [6.07, 6.45) is 3.41. The third-order valence-electron chi connectivity index (χ3n) is 2.48. The van der Waals surface area contributed by atoms with Gasteiger partial charge in [-0.25, -0.2) is 4.98 Å². The van der Waals surface area contributed by atoms with E-state index in [1.54, 1.807) is 30.6 Å². The number of hydrogen-bond acceptors (Lipinski definition) is 3. The van der Waals surface area contributed by atoms with Gasteiger partial charge in [0.05, 0.1) is 6.04 Å². The fraction of sp³-hybridized carbons (Fsp3) is 0.154. The Kier molecular flexibility index (Phi) is 3.89. The summed E-state index contributed by atoms with van der Waals surface area (Å²) in [7, 11) is 0. The average Bonchev–Trinajstić information content (AvgIpc) is 2.39. The molecule has 0 fully saturated rings. The molecule has 2 rings (SSSR count). The summed E-state index contributed by atoms with van der Waals surface area (Å²) in [6, 6.07) is 8.55. The Morgan fingerprint density at radius 2 is 2.17 bits per heavy atom. The summed E-state index contributed by atoms with van der Waals surface area (Å²) in [5.74, 6) is -0.256. The van der Waals surface area contributed by atoms with E-state index < -0.39 is 0 Å². The fourth-order valence-electron chi connectivity index (χ4n) is 1.52. The highest BCUT2D eigenvalue weighted by molar-refractivity contribution is 6.29. The maximum absolute atomic E-state index is 11.9. The average molecular weight is 262 g/mol. The van der Waals surface area contributed by atoms with Crippen molar-refractivity contribution >= 4 is 17.5 Å². The summed E-state index contributed by atoms with van der Waals surface area (Å²) < 4.78 is 0. The molecule has 1 N–H and O–H groups in total. The quantitative estimate of drug-likeness (QED) is 0.864. The number of nitrogens with one attached hydrogen (secondary N) is 1. The summed E-state index contributed by atoms with van der Waals surface area (Å²) >= 11 is 5.74. The highest BCUT2D eigenvalue weighted by Crippen LogP contribution is 2.11. The van der Waals surface area contributed by atoms with E-state index >= 15 is 0 Å². The molecule has 2 aromatic rings. The molecule has 2 aromatic heterocycles. The molecule has 0 saturated heterocycles. The van der Waals surface area contributed by atoms with Gasteiger partial charge in [0.25, 0.3) is 5.91 Å². The number of aromatic nitrogens is 2. The van der Waals surface area contributed by atoms with Crippen LogP contribution < -0.4 is 5.32 Å². The molecule has 0 aliphatic carbocycles. The lowest BCUT2D eigenvalue weighted by Gasteiger charge is -2.13. The smallest absolute Gasteiger partial charge is 0.270 e. The van der Waals surface area contributed by atoms with Crippen LogP contribution in [-0.4, -0.2) is 15.9 Å². The predicted octanol–water partition coefficient (Wildman–Crippen LogP) is 2.62. The number of carbonyl (C=O) groups is 1. The van der Waals surface area contributed by atoms with E-state index in [0.717, 1.165) is 5.56 Å². The number of hydrogen-bond donors (Lipinski definition) is 1. The molecular formula is C13H12ClN3O. The first-order chi connectivity index (χ1) is 8.66. The summed E-state index contributed by atoms with van der Waals surface area (Å²) in [4.78, 5) is 19.9. The minimum absolute atomic E-state index is 0.132. The van der Waals surface area contributed by atoms with Crippen LogP contribution >= 0.6 is 11.6 Å². The zero-order valence-electron chi connectivity index (χ0n) is 9.80. The minimum atomic E-state index is -0.256. The van der Waals surface area contributed by atoms with Gasteiger partial charge < -0.3 is 5.32 Å². The molecule has 1 atom stereocenters. The van der Waals surface area contributed by atoms with Gasteiger partial charge in [0, 0.05) is 12.4 Å². The Hall–Kier alpha value is -1.94. The van der Waals surface area contributed by atoms with Crippen molar-refractivity contribution in [2.45, 2.75) is 13.0 Å². The van der Waals surface area contributed by atoms with Gasteiger partial charge in [0.2, 0.25) is 0 Å². The fourth-order valence-corrected chi connectivity index (χ4v) is 1.68. The number of pyridine rings is 2. The molecule has 0 saturated carbocycles. The molecule has 5 heteroatoms. The summed E-state index contributed by atoms with van der Waals surface area (Å²) in [6.45, 7) is 1.89. The lowest BCUT2D eigenvalue weighted by atomic mass is 10.1. The van der Waals surface area contributed by atoms with Gasteiger partial charge in [-0.15, -0.1) is 0 Å². The molecule has 0 aliphatic rings. The van der Waals surface area contributed by atoms with Crippen molar-refractivity contribution in [3.8, 4) is 0 Å². The second-order valence-corrected chi connectivity index (χ2v) is 4.21. The normalized spacial score (nSPS) is 11.9. The Morgan fingerprint density at radius 1 is 1.33 bits per heavy atom. The highest BCUT2D eigenvalue weighted by Gasteiger charge is 2.12. The topological polar surface area (TPSA) is 54.9 Å². The number of amides is 1. The lowest BCUT2D eigenvalue weighted by Crippen LogP contribution is -2.27. The van der Waals surface area contributed by atoms with Crippen LogP contribution in [0.5, 0.6) is 0 Å². The van der Waals surface area contributed by atoms with Gasteiger partial charge in [-0.2, -0.15) is 0 Å². The molecule has 1 amide bonds. The van der Waals surface area contributed by atoms with Crippen LogP contribution in [0, 0.1) is 0 Å². The summed E-state index contributed by atoms with van der Waals surface area (Å²) in [5, 5.41) is 3.14. The van der Waals surface area contributed by atoms with E-state index in [-0.39, 0.29) is 11.9 Å². The van der Waals surface area contributed by atoms with Gasteiger partial charge in [0.15, 0.2) is 0 Å². The molecule has 92 valence electrons. The van der Waals surface area contributed by atoms with Crippen molar-refractivity contribution in [1.82, 2.24) is 15.3 Å². The molecular weight excluding hydrogens is 250 g/mol. The number of halogens is 1. The van der Waals surface area contributed by atoms with Crippen molar-refractivity contribution in [2.75, 3.05) is 0 Å². The van der Waals surface area contributed by atoms with E-state index in [9.17, 15) is 4.79 Å². The first kappa shape index (κ1) is 12.5. The van der Waals surface area contributed by atoms with Crippen molar-refractivity contribution in [3.05, 3.63) is 59.1 Å². The molecule has 0 bridgehead atoms. The number of nitrogens with zero attached hydrogens (tertiary/aromatic N) is 2. The van der Waals surface area contributed by atoms with Crippen LogP contribution in [0.4, 0.5) is 0 Å². The Labute approximate surface area is 110 Å². The van der Waals surface area contributed by atoms with Gasteiger partial charge in [-0.3, -0.25) is 9.78 Å². The van der Waals surface area contributed by atoms with Crippen LogP contribution in [0.2, 0.25) is 5.15 Å². The van der Waals surface area contributed by atoms with Crippen molar-refractivity contribution in [2.24, 2.45) is 0 Å². The lowest BCUT2D eigenvalue weighted by molar-refractivity contribution is 0.0935. The molecule has 0 spiro atoms. The first-order valence-electron chi connectivity index (χ1n) is 5.50. The highest BCUT2D eigenvalue weighted by atomic mass is 35.5. The monoisotopic (exact) mass is 261 g/mol. The van der Waals surface area contributed by atoms with Gasteiger partial charge in [-0.05, 0) is 30.7 Å². The van der Waals surface area contributed by atoms with Gasteiger partial charge in [-0.1, -0.05) is 23.7 Å². The van der Waals surface area contributed by atoms with Gasteiger partial charge in [0.1, 0.15) is 10.8 Å². The second kappa shape index (κ2) is 5.60. The maximum Gasteiger partial charge on any atom is 0.270 e. The van der Waals surface area contributed by atoms with E-state index in [1.165, 1.54) is 0 Å². The molecule has 18 heavy (non-hydrogen) atoms. The first-order valence-corrected chi connectivity index (χ1v) is 5.88. The van der Waals surface area contributed by atoms with E-state index in [0.29, 0.717) is 10.8 Å². The zero-order chi connectivity index (χ0) is 13.0. The molecule has 4 nitrogen and oxygen atoms in total. The van der Waals surface area contributed by atoms with Crippen molar-refractivity contribution in [3.63, 3.8) is 0 Å². The van der Waals surface area contributed by atoms with Crippen LogP contribution in [0.1, 0.15) is 29.0 Å². The Bertz CT molecular complexity index is 545. The molecule has 0 radical (unpaired) electrons. The van der Waals surface area contributed by atoms with E-state index in [1.807, 2.05) is 19.1 Å². The van der Waals surface area contributed by atoms with E-state index in [2.05, 4.69) is 15.3 Å². The molecule has 0 aromatic carbocycles. The molecule has 1 unspecified atom stereocenters. The largest absolute Gasteiger partial charge is 0.344 e. The predicted molar refractivity (Wildman–Crippen MR) is 69.4 cm³/mol. The maximum atomic E-state index is 11.9. The molecule has 0 aliphatic heterocycles. The standard InChI is InChI=1S/C13H12ClN3O/c1-9(10-4-3-7-15-8-10)16-13(18)11-5-2-6-12(14)17-11/h2-9H,1H3,(H,16,18). The van der Waals surface area contributed by atoms with E-state index in [4.69, 9.17) is 11.6 Å². The van der Waals surface area contributed by atoms with Crippen LogP contribution in [0.15, 0.2) is 42.7 Å². The SMILES string of the molecule is CC(NC(=O)c1cccc(Cl)n1)c1cccnc1.